The number of benzene rings is 1. The fourth-order valence-electron chi connectivity index (χ4n) is 3.20. The van der Waals surface area contributed by atoms with Crippen molar-refractivity contribution >= 4 is 35.8 Å². The number of anilines is 1. The number of nitrogens with one attached hydrogen (secondary N) is 2. The zero-order valence-corrected chi connectivity index (χ0v) is 20.2. The average Bonchev–Trinajstić information content (AvgIpc) is 2.73. The van der Waals surface area contributed by atoms with Crippen LogP contribution in [0.5, 0.6) is 0 Å². The predicted molar refractivity (Wildman–Crippen MR) is 130 cm³/mol. The lowest BCUT2D eigenvalue weighted by molar-refractivity contribution is 0.0529. The minimum absolute atomic E-state index is 0. The molecule has 6 nitrogen and oxygen atoms in total. The minimum Gasteiger partial charge on any atom is -0.375 e. The monoisotopic (exact) mass is 527 g/mol. The average molecular weight is 527 g/mol. The van der Waals surface area contributed by atoms with Gasteiger partial charge in [-0.25, -0.2) is 14.4 Å². The molecule has 1 unspecified atom stereocenters. The fourth-order valence-corrected chi connectivity index (χ4v) is 3.20. The van der Waals surface area contributed by atoms with Gasteiger partial charge >= 0.3 is 0 Å². The Kier molecular flexibility index (Phi) is 9.77. The van der Waals surface area contributed by atoms with Gasteiger partial charge < -0.3 is 20.3 Å². The van der Waals surface area contributed by atoms with Crippen LogP contribution in [0, 0.1) is 12.7 Å². The molecule has 164 valence electrons. The Morgan fingerprint density at radius 2 is 2.10 bits per heavy atom. The smallest absolute Gasteiger partial charge is 0.191 e. The van der Waals surface area contributed by atoms with Gasteiger partial charge in [0.15, 0.2) is 5.96 Å². The minimum atomic E-state index is -0.197. The molecule has 1 fully saturated rings. The van der Waals surface area contributed by atoms with Crippen molar-refractivity contribution in [1.82, 2.24) is 15.6 Å². The number of guanidine groups is 1. The van der Waals surface area contributed by atoms with Gasteiger partial charge in [0.25, 0.3) is 0 Å². The lowest BCUT2D eigenvalue weighted by Crippen LogP contribution is -2.41. The zero-order valence-electron chi connectivity index (χ0n) is 17.8. The Labute approximate surface area is 195 Å². The van der Waals surface area contributed by atoms with Crippen LogP contribution in [0.25, 0.3) is 0 Å². The van der Waals surface area contributed by atoms with Crippen LogP contribution in [0.15, 0.2) is 41.5 Å². The number of pyridine rings is 1. The summed E-state index contributed by atoms with van der Waals surface area (Å²) in [4.78, 5) is 11.3. The van der Waals surface area contributed by atoms with E-state index in [9.17, 15) is 4.39 Å². The van der Waals surface area contributed by atoms with E-state index in [0.29, 0.717) is 24.6 Å². The molecular formula is C22H31FIN5O. The highest BCUT2D eigenvalue weighted by Gasteiger charge is 2.18. The topological polar surface area (TPSA) is 61.8 Å². The molecule has 1 saturated heterocycles. The molecule has 2 N–H and O–H groups in total. The molecule has 1 atom stereocenters. The van der Waals surface area contributed by atoms with Crippen molar-refractivity contribution in [2.24, 2.45) is 4.99 Å². The second-order valence-corrected chi connectivity index (χ2v) is 7.28. The van der Waals surface area contributed by atoms with Gasteiger partial charge in [-0.3, -0.25) is 0 Å². The number of halogens is 2. The van der Waals surface area contributed by atoms with Crippen LogP contribution in [0.3, 0.4) is 0 Å². The third-order valence-corrected chi connectivity index (χ3v) is 4.84. The van der Waals surface area contributed by atoms with Crippen LogP contribution in [0.2, 0.25) is 0 Å². The number of hydrogen-bond donors (Lipinski definition) is 2. The Bertz CT molecular complexity index is 848. The third-order valence-electron chi connectivity index (χ3n) is 4.84. The molecule has 0 amide bonds. The Morgan fingerprint density at radius 3 is 2.83 bits per heavy atom. The Hall–Kier alpha value is -1.94. The zero-order chi connectivity index (χ0) is 20.6. The normalized spacial score (nSPS) is 16.7. The van der Waals surface area contributed by atoms with Gasteiger partial charge in [0.1, 0.15) is 11.6 Å². The van der Waals surface area contributed by atoms with Gasteiger partial charge in [0, 0.05) is 32.4 Å². The maximum absolute atomic E-state index is 13.7. The van der Waals surface area contributed by atoms with Gasteiger partial charge in [0.2, 0.25) is 0 Å². The molecule has 8 heteroatoms. The highest BCUT2D eigenvalue weighted by Crippen LogP contribution is 2.16. The van der Waals surface area contributed by atoms with E-state index < -0.39 is 0 Å². The molecule has 1 aliphatic rings. The van der Waals surface area contributed by atoms with Crippen molar-refractivity contribution in [3.05, 3.63) is 59.0 Å². The molecule has 30 heavy (non-hydrogen) atoms. The lowest BCUT2D eigenvalue weighted by Gasteiger charge is -2.32. The highest BCUT2D eigenvalue weighted by molar-refractivity contribution is 14.0. The second-order valence-electron chi connectivity index (χ2n) is 7.28. The standard InChI is InChI=1S/C22H30FN5O.HI/c1-4-24-22(26-13-18-6-5-16(2)20(23)11-18)27-14-19-7-8-25-21(12-19)28-9-10-29-17(3)15-28;/h5-8,11-12,17H,4,9-10,13-15H2,1-3H3,(H2,24,26,27);1H. The number of nitrogens with zero attached hydrogens (tertiary/aromatic N) is 3. The number of morpholine rings is 1. The lowest BCUT2D eigenvalue weighted by atomic mass is 10.1. The van der Waals surface area contributed by atoms with Crippen molar-refractivity contribution in [2.45, 2.75) is 40.0 Å². The molecule has 0 saturated carbocycles. The van der Waals surface area contributed by atoms with E-state index in [1.807, 2.05) is 25.3 Å². The van der Waals surface area contributed by atoms with Crippen molar-refractivity contribution in [1.29, 1.82) is 0 Å². The molecular weight excluding hydrogens is 496 g/mol. The van der Waals surface area contributed by atoms with Gasteiger partial charge in [-0.15, -0.1) is 24.0 Å². The van der Waals surface area contributed by atoms with E-state index in [1.54, 1.807) is 19.1 Å². The first-order valence-electron chi connectivity index (χ1n) is 10.1. The molecule has 2 heterocycles. The summed E-state index contributed by atoms with van der Waals surface area (Å²) in [6.45, 7) is 10.1. The summed E-state index contributed by atoms with van der Waals surface area (Å²) in [5.41, 5.74) is 2.62. The number of aromatic nitrogens is 1. The maximum Gasteiger partial charge on any atom is 0.191 e. The molecule has 1 aromatic carbocycles. The van der Waals surface area contributed by atoms with Crippen LogP contribution in [0.4, 0.5) is 10.2 Å². The van der Waals surface area contributed by atoms with Crippen LogP contribution in [0.1, 0.15) is 30.5 Å². The van der Waals surface area contributed by atoms with Gasteiger partial charge in [-0.05, 0) is 55.7 Å². The van der Waals surface area contributed by atoms with Gasteiger partial charge in [-0.1, -0.05) is 12.1 Å². The number of hydrogen-bond acceptors (Lipinski definition) is 4. The molecule has 1 aromatic heterocycles. The van der Waals surface area contributed by atoms with Crippen molar-refractivity contribution in [2.75, 3.05) is 31.1 Å². The van der Waals surface area contributed by atoms with Crippen LogP contribution in [-0.2, 0) is 17.8 Å². The summed E-state index contributed by atoms with van der Waals surface area (Å²) >= 11 is 0. The van der Waals surface area contributed by atoms with Crippen LogP contribution < -0.4 is 15.5 Å². The number of aryl methyl sites for hydroxylation is 1. The molecule has 3 rings (SSSR count). The summed E-state index contributed by atoms with van der Waals surface area (Å²) in [5.74, 6) is 1.47. The first-order chi connectivity index (χ1) is 14.0. The van der Waals surface area contributed by atoms with E-state index in [4.69, 9.17) is 4.74 Å². The maximum atomic E-state index is 13.7. The van der Waals surface area contributed by atoms with Crippen LogP contribution in [-0.4, -0.2) is 43.3 Å². The first-order valence-corrected chi connectivity index (χ1v) is 10.1. The third kappa shape index (κ3) is 7.09. The van der Waals surface area contributed by atoms with E-state index in [0.717, 1.165) is 43.2 Å². The molecule has 0 aliphatic carbocycles. The number of aliphatic imine (C=N–C) groups is 1. The SMILES string of the molecule is CCNC(=NCc1ccc(C)c(F)c1)NCc1ccnc(N2CCOC(C)C2)c1.I. The second kappa shape index (κ2) is 12.0. The predicted octanol–water partition coefficient (Wildman–Crippen LogP) is 3.63. The van der Waals surface area contributed by atoms with E-state index in [-0.39, 0.29) is 35.9 Å². The summed E-state index contributed by atoms with van der Waals surface area (Å²) in [6.07, 6.45) is 2.05. The van der Waals surface area contributed by atoms with Gasteiger partial charge in [0.05, 0.1) is 19.3 Å². The molecule has 0 spiro atoms. The Balaban J connectivity index is 0.00000320. The first kappa shape index (κ1) is 24.3. The Morgan fingerprint density at radius 1 is 1.27 bits per heavy atom. The summed E-state index contributed by atoms with van der Waals surface area (Å²) < 4.78 is 19.4. The van der Waals surface area contributed by atoms with E-state index in [2.05, 4.69) is 38.5 Å². The van der Waals surface area contributed by atoms with Crippen molar-refractivity contribution < 1.29 is 9.13 Å². The van der Waals surface area contributed by atoms with Crippen molar-refractivity contribution in [3.8, 4) is 0 Å². The molecule has 0 radical (unpaired) electrons. The van der Waals surface area contributed by atoms with Gasteiger partial charge in [-0.2, -0.15) is 0 Å². The van der Waals surface area contributed by atoms with E-state index in [1.165, 1.54) is 0 Å². The quantitative estimate of drug-likeness (QED) is 0.342. The summed E-state index contributed by atoms with van der Waals surface area (Å²) in [6, 6.07) is 9.33. The van der Waals surface area contributed by atoms with Crippen molar-refractivity contribution in [3.63, 3.8) is 0 Å². The summed E-state index contributed by atoms with van der Waals surface area (Å²) in [7, 11) is 0. The molecule has 2 aromatic rings. The van der Waals surface area contributed by atoms with E-state index >= 15 is 0 Å². The fraction of sp³-hybridized carbons (Fsp3) is 0.455. The number of ether oxygens (including phenoxy) is 1. The highest BCUT2D eigenvalue weighted by atomic mass is 127. The largest absolute Gasteiger partial charge is 0.375 e. The summed E-state index contributed by atoms with van der Waals surface area (Å²) in [5, 5.41) is 6.58. The molecule has 1 aliphatic heterocycles. The molecule has 0 bridgehead atoms. The van der Waals surface area contributed by atoms with Crippen LogP contribution >= 0.6 is 24.0 Å². The number of rotatable bonds is 6.